The van der Waals surface area contributed by atoms with E-state index in [0.717, 1.165) is 25.9 Å². The summed E-state index contributed by atoms with van der Waals surface area (Å²) in [7, 11) is 0. The third-order valence-electron chi connectivity index (χ3n) is 4.74. The maximum Gasteiger partial charge on any atom is 0.304 e. The monoisotopic (exact) mass is 282 g/mol. The molecule has 2 N–H and O–H groups in total. The maximum absolute atomic E-state index is 12.1. The van der Waals surface area contributed by atoms with Gasteiger partial charge in [-0.2, -0.15) is 0 Å². The van der Waals surface area contributed by atoms with Gasteiger partial charge in [-0.05, 0) is 24.7 Å². The molecule has 1 saturated carbocycles. The molecule has 2 aliphatic rings. The van der Waals surface area contributed by atoms with Gasteiger partial charge >= 0.3 is 5.97 Å². The number of carboxylic acids is 1. The lowest BCUT2D eigenvalue weighted by Gasteiger charge is -2.29. The van der Waals surface area contributed by atoms with Crippen LogP contribution in [0.15, 0.2) is 0 Å². The first-order chi connectivity index (χ1) is 9.47. The molecule has 5 nitrogen and oxygen atoms in total. The molecule has 0 spiro atoms. The van der Waals surface area contributed by atoms with E-state index in [1.54, 1.807) is 0 Å². The van der Waals surface area contributed by atoms with E-state index in [-0.39, 0.29) is 24.3 Å². The molecule has 0 unspecified atom stereocenters. The van der Waals surface area contributed by atoms with Crippen molar-refractivity contribution in [2.75, 3.05) is 19.6 Å². The number of aliphatic carboxylic acids is 1. The van der Waals surface area contributed by atoms with E-state index >= 15 is 0 Å². The predicted molar refractivity (Wildman–Crippen MR) is 76.3 cm³/mol. The summed E-state index contributed by atoms with van der Waals surface area (Å²) in [6.45, 7) is 6.60. The van der Waals surface area contributed by atoms with E-state index in [2.05, 4.69) is 24.1 Å². The number of hydrogen-bond donors (Lipinski definition) is 2. The summed E-state index contributed by atoms with van der Waals surface area (Å²) in [6.07, 6.45) is 3.39. The Morgan fingerprint density at radius 1 is 1.30 bits per heavy atom. The van der Waals surface area contributed by atoms with Gasteiger partial charge in [0.05, 0.1) is 6.42 Å². The summed E-state index contributed by atoms with van der Waals surface area (Å²) in [5.74, 6) is 0.584. The van der Waals surface area contributed by atoms with Crippen molar-refractivity contribution in [2.24, 2.45) is 17.8 Å². The van der Waals surface area contributed by atoms with Crippen molar-refractivity contribution in [3.8, 4) is 0 Å². The molecule has 1 aliphatic carbocycles. The number of carbonyl (C=O) groups is 2. The molecule has 0 aromatic heterocycles. The fraction of sp³-hybridized carbons (Fsp3) is 0.867. The second-order valence-electron chi connectivity index (χ2n) is 6.55. The van der Waals surface area contributed by atoms with E-state index in [4.69, 9.17) is 5.11 Å². The molecular weight excluding hydrogens is 256 g/mol. The van der Waals surface area contributed by atoms with E-state index in [1.165, 1.54) is 6.42 Å². The fourth-order valence-electron chi connectivity index (χ4n) is 3.15. The predicted octanol–water partition coefficient (Wildman–Crippen LogP) is 1.33. The minimum absolute atomic E-state index is 0.175. The Hall–Kier alpha value is -1.10. The topological polar surface area (TPSA) is 69.6 Å². The number of nitrogens with zero attached hydrogens (tertiary/aromatic N) is 1. The third-order valence-corrected chi connectivity index (χ3v) is 4.74. The minimum atomic E-state index is -0.756. The Morgan fingerprint density at radius 3 is 2.50 bits per heavy atom. The van der Waals surface area contributed by atoms with Crippen LogP contribution in [0.4, 0.5) is 0 Å². The van der Waals surface area contributed by atoms with Crippen LogP contribution in [0.3, 0.4) is 0 Å². The zero-order valence-electron chi connectivity index (χ0n) is 12.5. The second kappa shape index (κ2) is 6.57. The summed E-state index contributed by atoms with van der Waals surface area (Å²) in [5, 5.41) is 12.0. The van der Waals surface area contributed by atoms with Crippen LogP contribution in [0.5, 0.6) is 0 Å². The Morgan fingerprint density at radius 2 is 2.00 bits per heavy atom. The average molecular weight is 282 g/mol. The van der Waals surface area contributed by atoms with Gasteiger partial charge in [0.15, 0.2) is 0 Å². The summed E-state index contributed by atoms with van der Waals surface area (Å²) in [5.41, 5.74) is 0. The highest BCUT2D eigenvalue weighted by Gasteiger charge is 2.37. The molecule has 0 bridgehead atoms. The fourth-order valence-corrected chi connectivity index (χ4v) is 3.15. The van der Waals surface area contributed by atoms with Crippen LogP contribution in [0.25, 0.3) is 0 Å². The lowest BCUT2D eigenvalue weighted by Crippen LogP contribution is -2.46. The first-order valence-electron chi connectivity index (χ1n) is 7.72. The van der Waals surface area contributed by atoms with Crippen molar-refractivity contribution >= 4 is 11.9 Å². The average Bonchev–Trinajstić information content (AvgIpc) is 2.67. The zero-order chi connectivity index (χ0) is 14.7. The molecule has 1 amide bonds. The standard InChI is InChI=1S/C15H26N2O3/c1-10(2)12-8-17(7-6-14(18)19)9-13(12)16-15(20)11-4-3-5-11/h10-13H,3-9H2,1-2H3,(H,16,20)(H,18,19)/t12-,13+/m0/s1. The van der Waals surface area contributed by atoms with Gasteiger partial charge in [-0.15, -0.1) is 0 Å². The van der Waals surface area contributed by atoms with Crippen molar-refractivity contribution in [3.63, 3.8) is 0 Å². The largest absolute Gasteiger partial charge is 0.481 e. The number of amides is 1. The molecule has 2 fully saturated rings. The van der Waals surface area contributed by atoms with E-state index in [9.17, 15) is 9.59 Å². The van der Waals surface area contributed by atoms with Gasteiger partial charge in [-0.25, -0.2) is 0 Å². The molecular formula is C15H26N2O3. The van der Waals surface area contributed by atoms with Gasteiger partial charge in [0, 0.05) is 31.6 Å². The van der Waals surface area contributed by atoms with Gasteiger partial charge in [-0.3, -0.25) is 9.59 Å². The van der Waals surface area contributed by atoms with Gasteiger partial charge < -0.3 is 15.3 Å². The lowest BCUT2D eigenvalue weighted by molar-refractivity contribution is -0.137. The lowest BCUT2D eigenvalue weighted by atomic mass is 9.84. The normalized spacial score (nSPS) is 27.6. The Bertz CT molecular complexity index is 366. The van der Waals surface area contributed by atoms with Crippen LogP contribution in [0, 0.1) is 17.8 Å². The third kappa shape index (κ3) is 3.72. The van der Waals surface area contributed by atoms with Crippen molar-refractivity contribution < 1.29 is 14.7 Å². The molecule has 5 heteroatoms. The number of nitrogens with one attached hydrogen (secondary N) is 1. The second-order valence-corrected chi connectivity index (χ2v) is 6.55. The van der Waals surface area contributed by atoms with Crippen LogP contribution in [-0.4, -0.2) is 47.6 Å². The van der Waals surface area contributed by atoms with Crippen LogP contribution in [-0.2, 0) is 9.59 Å². The van der Waals surface area contributed by atoms with Crippen LogP contribution >= 0.6 is 0 Å². The summed E-state index contributed by atoms with van der Waals surface area (Å²) in [6, 6.07) is 0.178. The molecule has 2 rings (SSSR count). The summed E-state index contributed by atoms with van der Waals surface area (Å²) >= 11 is 0. The highest BCUT2D eigenvalue weighted by molar-refractivity contribution is 5.79. The van der Waals surface area contributed by atoms with Gasteiger partial charge in [-0.1, -0.05) is 20.3 Å². The molecule has 114 valence electrons. The van der Waals surface area contributed by atoms with Crippen molar-refractivity contribution in [1.82, 2.24) is 10.2 Å². The maximum atomic E-state index is 12.1. The number of likely N-dealkylation sites (tertiary alicyclic amines) is 1. The van der Waals surface area contributed by atoms with Gasteiger partial charge in [0.1, 0.15) is 0 Å². The Labute approximate surface area is 120 Å². The highest BCUT2D eigenvalue weighted by atomic mass is 16.4. The molecule has 1 heterocycles. The molecule has 2 atom stereocenters. The quantitative estimate of drug-likeness (QED) is 0.771. The Kier molecular flexibility index (Phi) is 5.02. The summed E-state index contributed by atoms with van der Waals surface area (Å²) in [4.78, 5) is 24.9. The van der Waals surface area contributed by atoms with Gasteiger partial charge in [0.2, 0.25) is 5.91 Å². The van der Waals surface area contributed by atoms with Crippen molar-refractivity contribution in [1.29, 1.82) is 0 Å². The SMILES string of the molecule is CC(C)[C@@H]1CN(CCC(=O)O)C[C@H]1NC(=O)C1CCC1. The molecule has 1 saturated heterocycles. The zero-order valence-corrected chi connectivity index (χ0v) is 12.5. The highest BCUT2D eigenvalue weighted by Crippen LogP contribution is 2.29. The number of carbonyl (C=O) groups excluding carboxylic acids is 1. The van der Waals surface area contributed by atoms with Crippen LogP contribution < -0.4 is 5.32 Å². The first kappa shape index (κ1) is 15.3. The smallest absolute Gasteiger partial charge is 0.304 e. The van der Waals surface area contributed by atoms with E-state index in [1.807, 2.05) is 0 Å². The molecule has 0 radical (unpaired) electrons. The van der Waals surface area contributed by atoms with Crippen molar-refractivity contribution in [2.45, 2.75) is 45.6 Å². The molecule has 0 aromatic carbocycles. The number of hydrogen-bond acceptors (Lipinski definition) is 3. The molecule has 0 aromatic rings. The molecule has 1 aliphatic heterocycles. The van der Waals surface area contributed by atoms with Crippen LogP contribution in [0.1, 0.15) is 39.5 Å². The van der Waals surface area contributed by atoms with Crippen molar-refractivity contribution in [3.05, 3.63) is 0 Å². The molecule has 20 heavy (non-hydrogen) atoms. The van der Waals surface area contributed by atoms with Crippen LogP contribution in [0.2, 0.25) is 0 Å². The number of rotatable bonds is 6. The Balaban J connectivity index is 1.87. The number of carboxylic acid groups (broad SMARTS) is 1. The minimum Gasteiger partial charge on any atom is -0.481 e. The van der Waals surface area contributed by atoms with Gasteiger partial charge in [0.25, 0.3) is 0 Å². The van der Waals surface area contributed by atoms with E-state index in [0.29, 0.717) is 18.4 Å². The van der Waals surface area contributed by atoms with E-state index < -0.39 is 5.97 Å². The first-order valence-corrected chi connectivity index (χ1v) is 7.72. The summed E-state index contributed by atoms with van der Waals surface area (Å²) < 4.78 is 0.